The van der Waals surface area contributed by atoms with Crippen molar-refractivity contribution in [1.29, 1.82) is 0 Å². The van der Waals surface area contributed by atoms with Crippen molar-refractivity contribution >= 4 is 22.5 Å². The summed E-state index contributed by atoms with van der Waals surface area (Å²) in [5.41, 5.74) is 7.83. The van der Waals surface area contributed by atoms with Crippen molar-refractivity contribution in [1.82, 2.24) is 10.3 Å². The summed E-state index contributed by atoms with van der Waals surface area (Å²) in [5, 5.41) is 13.2. The number of aliphatic hydroxyl groups excluding tert-OH is 1. The first kappa shape index (κ1) is 13.0. The van der Waals surface area contributed by atoms with E-state index in [4.69, 9.17) is 5.73 Å². The highest BCUT2D eigenvalue weighted by atomic mass is 16.3. The van der Waals surface area contributed by atoms with Crippen LogP contribution in [0.5, 0.6) is 0 Å². The van der Waals surface area contributed by atoms with Gasteiger partial charge >= 0.3 is 0 Å². The molecule has 20 heavy (non-hydrogen) atoms. The number of aliphatic hydroxyl groups is 1. The Morgan fingerprint density at radius 2 is 2.30 bits per heavy atom. The standard InChI is InChI=1S/C15H19N3O2/c16-11-5-1-3-9-7-13(17-14(9)11)15(20)18-12-6-2-4-10(12)8-19/h1,3,5,7,10,12,17,19H,2,4,6,8,16H2,(H,18,20). The molecule has 5 nitrogen and oxygen atoms in total. The number of aromatic amines is 1. The molecule has 2 aromatic rings. The lowest BCUT2D eigenvalue weighted by atomic mass is 10.1. The molecule has 0 saturated heterocycles. The van der Waals surface area contributed by atoms with E-state index in [0.717, 1.165) is 30.2 Å². The van der Waals surface area contributed by atoms with E-state index in [9.17, 15) is 9.90 Å². The number of nitrogens with two attached hydrogens (primary N) is 1. The zero-order valence-electron chi connectivity index (χ0n) is 11.2. The normalized spacial score (nSPS) is 22.2. The van der Waals surface area contributed by atoms with Crippen LogP contribution in [-0.2, 0) is 0 Å². The third-order valence-electron chi connectivity index (χ3n) is 4.14. The largest absolute Gasteiger partial charge is 0.397 e. The van der Waals surface area contributed by atoms with Gasteiger partial charge in [0.05, 0.1) is 11.2 Å². The zero-order chi connectivity index (χ0) is 14.1. The molecule has 0 radical (unpaired) electrons. The fourth-order valence-corrected chi connectivity index (χ4v) is 2.99. The van der Waals surface area contributed by atoms with Gasteiger partial charge < -0.3 is 21.1 Å². The van der Waals surface area contributed by atoms with E-state index in [1.54, 1.807) is 6.07 Å². The molecule has 3 rings (SSSR count). The molecule has 1 aliphatic rings. The Morgan fingerprint density at radius 3 is 3.05 bits per heavy atom. The van der Waals surface area contributed by atoms with Gasteiger partial charge in [0.15, 0.2) is 0 Å². The van der Waals surface area contributed by atoms with Gasteiger partial charge in [-0.25, -0.2) is 0 Å². The average Bonchev–Trinajstić information content (AvgIpc) is 3.05. The van der Waals surface area contributed by atoms with Crippen LogP contribution in [0.15, 0.2) is 24.3 Å². The molecular formula is C15H19N3O2. The van der Waals surface area contributed by atoms with Gasteiger partial charge in [-0.2, -0.15) is 0 Å². The van der Waals surface area contributed by atoms with E-state index < -0.39 is 0 Å². The molecule has 1 aliphatic carbocycles. The molecule has 1 aromatic heterocycles. The first-order chi connectivity index (χ1) is 9.69. The van der Waals surface area contributed by atoms with E-state index in [2.05, 4.69) is 10.3 Å². The number of para-hydroxylation sites is 1. The molecule has 1 aromatic carbocycles. The monoisotopic (exact) mass is 273 g/mol. The highest BCUT2D eigenvalue weighted by molar-refractivity contribution is 6.00. The SMILES string of the molecule is Nc1cccc2cc(C(=O)NC3CCCC3CO)[nH]c12. The van der Waals surface area contributed by atoms with Gasteiger partial charge in [0.2, 0.25) is 0 Å². The molecule has 0 spiro atoms. The van der Waals surface area contributed by atoms with Crippen molar-refractivity contribution < 1.29 is 9.90 Å². The Morgan fingerprint density at radius 1 is 1.45 bits per heavy atom. The Balaban J connectivity index is 1.80. The number of hydrogen-bond acceptors (Lipinski definition) is 3. The molecule has 1 heterocycles. The third-order valence-corrected chi connectivity index (χ3v) is 4.14. The lowest BCUT2D eigenvalue weighted by Gasteiger charge is -2.18. The maximum absolute atomic E-state index is 12.3. The number of nitrogens with one attached hydrogen (secondary N) is 2. The number of nitrogen functional groups attached to an aromatic ring is 1. The number of carbonyl (C=O) groups excluding carboxylic acids is 1. The number of carbonyl (C=O) groups is 1. The number of aromatic nitrogens is 1. The van der Waals surface area contributed by atoms with E-state index in [-0.39, 0.29) is 24.5 Å². The summed E-state index contributed by atoms with van der Waals surface area (Å²) >= 11 is 0. The third kappa shape index (κ3) is 2.25. The van der Waals surface area contributed by atoms with Gasteiger partial charge in [0.25, 0.3) is 5.91 Å². The number of benzene rings is 1. The van der Waals surface area contributed by atoms with Gasteiger partial charge in [0, 0.05) is 24.0 Å². The quantitative estimate of drug-likeness (QED) is 0.641. The maximum atomic E-state index is 12.3. The Hall–Kier alpha value is -2.01. The second-order valence-electron chi connectivity index (χ2n) is 5.45. The van der Waals surface area contributed by atoms with Crippen LogP contribution in [-0.4, -0.2) is 28.6 Å². The van der Waals surface area contributed by atoms with Crippen LogP contribution < -0.4 is 11.1 Å². The van der Waals surface area contributed by atoms with Crippen LogP contribution in [0.2, 0.25) is 0 Å². The molecular weight excluding hydrogens is 254 g/mol. The summed E-state index contributed by atoms with van der Waals surface area (Å²) in [7, 11) is 0. The van der Waals surface area contributed by atoms with E-state index in [1.165, 1.54) is 0 Å². The number of hydrogen-bond donors (Lipinski definition) is 4. The van der Waals surface area contributed by atoms with Gasteiger partial charge in [-0.05, 0) is 25.0 Å². The topological polar surface area (TPSA) is 91.1 Å². The summed E-state index contributed by atoms with van der Waals surface area (Å²) < 4.78 is 0. The Kier molecular flexibility index (Phi) is 3.36. The first-order valence-corrected chi connectivity index (χ1v) is 6.98. The van der Waals surface area contributed by atoms with Crippen molar-refractivity contribution in [3.8, 4) is 0 Å². The van der Waals surface area contributed by atoms with Gasteiger partial charge in [-0.15, -0.1) is 0 Å². The second-order valence-corrected chi connectivity index (χ2v) is 5.45. The van der Waals surface area contributed by atoms with E-state index >= 15 is 0 Å². The summed E-state index contributed by atoms with van der Waals surface area (Å²) in [5.74, 6) is 0.0411. The summed E-state index contributed by atoms with van der Waals surface area (Å²) in [6.07, 6.45) is 2.95. The molecule has 2 atom stereocenters. The number of amides is 1. The highest BCUT2D eigenvalue weighted by Gasteiger charge is 2.28. The van der Waals surface area contributed by atoms with Gasteiger partial charge in [-0.1, -0.05) is 18.6 Å². The number of rotatable bonds is 3. The molecule has 106 valence electrons. The van der Waals surface area contributed by atoms with E-state index in [0.29, 0.717) is 11.4 Å². The van der Waals surface area contributed by atoms with E-state index in [1.807, 2.05) is 18.2 Å². The first-order valence-electron chi connectivity index (χ1n) is 6.98. The van der Waals surface area contributed by atoms with Crippen molar-refractivity contribution in [2.45, 2.75) is 25.3 Å². The minimum Gasteiger partial charge on any atom is -0.397 e. The molecule has 1 amide bonds. The lowest BCUT2D eigenvalue weighted by Crippen LogP contribution is -2.38. The second kappa shape index (κ2) is 5.17. The van der Waals surface area contributed by atoms with Crippen LogP contribution in [0.3, 0.4) is 0 Å². The number of anilines is 1. The number of fused-ring (bicyclic) bond motifs is 1. The summed E-state index contributed by atoms with van der Waals surface area (Å²) in [6.45, 7) is 0.130. The molecule has 1 fully saturated rings. The Bertz CT molecular complexity index is 635. The highest BCUT2D eigenvalue weighted by Crippen LogP contribution is 2.26. The van der Waals surface area contributed by atoms with Crippen molar-refractivity contribution in [3.63, 3.8) is 0 Å². The predicted molar refractivity (Wildman–Crippen MR) is 78.4 cm³/mol. The average molecular weight is 273 g/mol. The lowest BCUT2D eigenvalue weighted by molar-refractivity contribution is 0.0912. The van der Waals surface area contributed by atoms with Crippen LogP contribution in [0.1, 0.15) is 29.8 Å². The molecule has 1 saturated carbocycles. The molecule has 5 N–H and O–H groups in total. The predicted octanol–water partition coefficient (Wildman–Crippen LogP) is 1.64. The molecule has 0 aliphatic heterocycles. The van der Waals surface area contributed by atoms with Crippen molar-refractivity contribution in [2.75, 3.05) is 12.3 Å². The Labute approximate surface area is 117 Å². The van der Waals surface area contributed by atoms with Crippen molar-refractivity contribution in [3.05, 3.63) is 30.0 Å². The summed E-state index contributed by atoms with van der Waals surface area (Å²) in [4.78, 5) is 15.3. The molecule has 2 unspecified atom stereocenters. The minimum absolute atomic E-state index is 0.0660. The summed E-state index contributed by atoms with van der Waals surface area (Å²) in [6, 6.07) is 7.47. The van der Waals surface area contributed by atoms with Gasteiger partial charge in [-0.3, -0.25) is 4.79 Å². The van der Waals surface area contributed by atoms with Crippen LogP contribution in [0.25, 0.3) is 10.9 Å². The van der Waals surface area contributed by atoms with Crippen molar-refractivity contribution in [2.24, 2.45) is 5.92 Å². The van der Waals surface area contributed by atoms with Crippen LogP contribution in [0.4, 0.5) is 5.69 Å². The fourth-order valence-electron chi connectivity index (χ4n) is 2.99. The fraction of sp³-hybridized carbons (Fsp3) is 0.400. The van der Waals surface area contributed by atoms with Crippen LogP contribution >= 0.6 is 0 Å². The molecule has 5 heteroatoms. The van der Waals surface area contributed by atoms with Gasteiger partial charge in [0.1, 0.15) is 5.69 Å². The van der Waals surface area contributed by atoms with Crippen LogP contribution in [0, 0.1) is 5.92 Å². The zero-order valence-corrected chi connectivity index (χ0v) is 11.2. The smallest absolute Gasteiger partial charge is 0.267 e. The maximum Gasteiger partial charge on any atom is 0.267 e. The number of H-pyrrole nitrogens is 1. The minimum atomic E-state index is -0.133. The molecule has 0 bridgehead atoms.